The molecule has 0 aliphatic carbocycles. The lowest BCUT2D eigenvalue weighted by atomic mass is 9.92. The smallest absolute Gasteiger partial charge is 0.243 e. The molecule has 0 spiro atoms. The average molecular weight is 321 g/mol. The molecule has 0 aromatic heterocycles. The first-order valence-electron chi connectivity index (χ1n) is 7.97. The normalized spacial score (nSPS) is 21.7. The number of carbonyl (C=O) groups is 2. The Morgan fingerprint density at radius 3 is 2.35 bits per heavy atom. The van der Waals surface area contributed by atoms with Crippen molar-refractivity contribution in [2.24, 2.45) is 11.8 Å². The second kappa shape index (κ2) is 8.06. The molecular formula is C17H24FN3O2. The molecule has 0 saturated carbocycles. The van der Waals surface area contributed by atoms with Gasteiger partial charge in [0, 0.05) is 18.8 Å². The van der Waals surface area contributed by atoms with E-state index in [2.05, 4.69) is 29.4 Å². The van der Waals surface area contributed by atoms with Crippen molar-refractivity contribution in [1.29, 1.82) is 0 Å². The van der Waals surface area contributed by atoms with E-state index < -0.39 is 0 Å². The van der Waals surface area contributed by atoms with Gasteiger partial charge in [-0.15, -0.1) is 0 Å². The van der Waals surface area contributed by atoms with Crippen molar-refractivity contribution in [2.45, 2.75) is 20.3 Å². The Labute approximate surface area is 136 Å². The number of anilines is 1. The summed E-state index contributed by atoms with van der Waals surface area (Å²) in [5, 5.41) is 5.23. The molecule has 0 unspecified atom stereocenters. The summed E-state index contributed by atoms with van der Waals surface area (Å²) in [5.74, 6) is 0.342. The molecule has 2 rings (SSSR count). The van der Waals surface area contributed by atoms with Crippen LogP contribution in [0, 0.1) is 17.7 Å². The first-order valence-corrected chi connectivity index (χ1v) is 7.97. The van der Waals surface area contributed by atoms with Gasteiger partial charge in [-0.1, -0.05) is 13.8 Å². The van der Waals surface area contributed by atoms with Crippen LogP contribution in [0.25, 0.3) is 0 Å². The monoisotopic (exact) mass is 321 g/mol. The molecule has 0 bridgehead atoms. The lowest BCUT2D eigenvalue weighted by Gasteiger charge is -2.34. The highest BCUT2D eigenvalue weighted by molar-refractivity contribution is 5.94. The van der Waals surface area contributed by atoms with Crippen LogP contribution in [0.2, 0.25) is 0 Å². The molecule has 1 heterocycles. The van der Waals surface area contributed by atoms with Crippen LogP contribution in [0.15, 0.2) is 24.3 Å². The van der Waals surface area contributed by atoms with Crippen LogP contribution in [-0.4, -0.2) is 42.9 Å². The van der Waals surface area contributed by atoms with E-state index in [9.17, 15) is 14.0 Å². The number of hydrogen-bond acceptors (Lipinski definition) is 3. The maximum Gasteiger partial charge on any atom is 0.243 e. The Balaban J connectivity index is 1.71. The number of piperidine rings is 1. The van der Waals surface area contributed by atoms with E-state index >= 15 is 0 Å². The highest BCUT2D eigenvalue weighted by Crippen LogP contribution is 2.20. The zero-order valence-corrected chi connectivity index (χ0v) is 13.6. The van der Waals surface area contributed by atoms with Crippen LogP contribution in [-0.2, 0) is 9.59 Å². The molecule has 1 saturated heterocycles. The van der Waals surface area contributed by atoms with E-state index in [4.69, 9.17) is 0 Å². The minimum absolute atomic E-state index is 0.0881. The predicted octanol–water partition coefficient (Wildman–Crippen LogP) is 1.86. The quantitative estimate of drug-likeness (QED) is 0.870. The summed E-state index contributed by atoms with van der Waals surface area (Å²) in [7, 11) is 0. The third-order valence-corrected chi connectivity index (χ3v) is 3.89. The van der Waals surface area contributed by atoms with Crippen molar-refractivity contribution in [3.8, 4) is 0 Å². The highest BCUT2D eigenvalue weighted by Gasteiger charge is 2.23. The summed E-state index contributed by atoms with van der Waals surface area (Å²) < 4.78 is 12.8. The summed E-state index contributed by atoms with van der Waals surface area (Å²) >= 11 is 0. The van der Waals surface area contributed by atoms with Gasteiger partial charge in [0.15, 0.2) is 0 Å². The molecule has 1 aliphatic rings. The average Bonchev–Trinajstić information content (AvgIpc) is 2.46. The molecule has 2 N–H and O–H groups in total. The Kier molecular flexibility index (Phi) is 6.10. The van der Waals surface area contributed by atoms with E-state index in [1.54, 1.807) is 0 Å². The van der Waals surface area contributed by atoms with Gasteiger partial charge >= 0.3 is 0 Å². The van der Waals surface area contributed by atoms with Crippen molar-refractivity contribution < 1.29 is 14.0 Å². The van der Waals surface area contributed by atoms with Crippen molar-refractivity contribution in [3.05, 3.63) is 30.1 Å². The van der Waals surface area contributed by atoms with E-state index in [1.807, 2.05) is 0 Å². The number of rotatable bonds is 5. The van der Waals surface area contributed by atoms with E-state index in [1.165, 1.54) is 30.7 Å². The number of benzene rings is 1. The SMILES string of the molecule is C[C@H]1C[C@H](C)CN(CC(=O)NCC(=O)Nc2ccc(F)cc2)C1. The fraction of sp³-hybridized carbons (Fsp3) is 0.529. The first kappa shape index (κ1) is 17.4. The molecule has 23 heavy (non-hydrogen) atoms. The second-order valence-electron chi connectivity index (χ2n) is 6.47. The molecule has 5 nitrogen and oxygen atoms in total. The molecule has 0 radical (unpaired) electrons. The fourth-order valence-corrected chi connectivity index (χ4v) is 3.10. The minimum Gasteiger partial charge on any atom is -0.346 e. The van der Waals surface area contributed by atoms with Crippen LogP contribution < -0.4 is 10.6 Å². The first-order chi connectivity index (χ1) is 10.9. The van der Waals surface area contributed by atoms with Crippen molar-refractivity contribution in [3.63, 3.8) is 0 Å². The van der Waals surface area contributed by atoms with Crippen LogP contribution in [0.1, 0.15) is 20.3 Å². The molecule has 2 amide bonds. The molecule has 1 aromatic carbocycles. The van der Waals surface area contributed by atoms with Crippen LogP contribution in [0.4, 0.5) is 10.1 Å². The number of carbonyl (C=O) groups excluding carboxylic acids is 2. The van der Waals surface area contributed by atoms with Gasteiger partial charge in [-0.2, -0.15) is 0 Å². The Morgan fingerprint density at radius 2 is 1.74 bits per heavy atom. The van der Waals surface area contributed by atoms with Gasteiger partial charge in [0.25, 0.3) is 0 Å². The number of nitrogens with one attached hydrogen (secondary N) is 2. The van der Waals surface area contributed by atoms with Gasteiger partial charge in [-0.3, -0.25) is 14.5 Å². The predicted molar refractivity (Wildman–Crippen MR) is 87.4 cm³/mol. The molecule has 1 aliphatic heterocycles. The van der Waals surface area contributed by atoms with E-state index in [0.717, 1.165) is 13.1 Å². The standard InChI is InChI=1S/C17H24FN3O2/c1-12-7-13(2)10-21(9-12)11-17(23)19-8-16(22)20-15-5-3-14(18)4-6-15/h3-6,12-13H,7-11H2,1-2H3,(H,19,23)(H,20,22)/t12-,13-/m0/s1. The Morgan fingerprint density at radius 1 is 1.13 bits per heavy atom. The van der Waals surface area contributed by atoms with Crippen molar-refractivity contribution >= 4 is 17.5 Å². The fourth-order valence-electron chi connectivity index (χ4n) is 3.10. The third-order valence-electron chi connectivity index (χ3n) is 3.89. The number of amides is 2. The van der Waals surface area contributed by atoms with Crippen LogP contribution in [0.5, 0.6) is 0 Å². The number of nitrogens with zero attached hydrogens (tertiary/aromatic N) is 1. The topological polar surface area (TPSA) is 61.4 Å². The van der Waals surface area contributed by atoms with Gasteiger partial charge in [0.05, 0.1) is 13.1 Å². The molecule has 1 fully saturated rings. The Hall–Kier alpha value is -1.95. The maximum atomic E-state index is 12.8. The second-order valence-corrected chi connectivity index (χ2v) is 6.47. The van der Waals surface area contributed by atoms with Crippen LogP contribution >= 0.6 is 0 Å². The summed E-state index contributed by atoms with van der Waals surface area (Å²) in [6.07, 6.45) is 1.19. The lowest BCUT2D eigenvalue weighted by Crippen LogP contribution is -2.45. The summed E-state index contributed by atoms with van der Waals surface area (Å²) in [4.78, 5) is 25.8. The van der Waals surface area contributed by atoms with Crippen molar-refractivity contribution in [1.82, 2.24) is 10.2 Å². The zero-order chi connectivity index (χ0) is 16.8. The maximum absolute atomic E-state index is 12.8. The molecule has 126 valence electrons. The van der Waals surface area contributed by atoms with Gasteiger partial charge in [-0.05, 0) is 42.5 Å². The lowest BCUT2D eigenvalue weighted by molar-refractivity contribution is -0.125. The number of likely N-dealkylation sites (tertiary alicyclic amines) is 1. The summed E-state index contributed by atoms with van der Waals surface area (Å²) in [5.41, 5.74) is 0.504. The van der Waals surface area contributed by atoms with Gasteiger partial charge in [0.2, 0.25) is 11.8 Å². The molecule has 2 atom stereocenters. The van der Waals surface area contributed by atoms with Gasteiger partial charge in [0.1, 0.15) is 5.82 Å². The minimum atomic E-state index is -0.360. The highest BCUT2D eigenvalue weighted by atomic mass is 19.1. The molecule has 6 heteroatoms. The largest absolute Gasteiger partial charge is 0.346 e. The van der Waals surface area contributed by atoms with Gasteiger partial charge in [-0.25, -0.2) is 4.39 Å². The molecular weight excluding hydrogens is 297 g/mol. The molecule has 1 aromatic rings. The van der Waals surface area contributed by atoms with E-state index in [0.29, 0.717) is 24.1 Å². The summed E-state index contributed by atoms with van der Waals surface area (Å²) in [6.45, 7) is 6.44. The summed E-state index contributed by atoms with van der Waals surface area (Å²) in [6, 6.07) is 5.50. The third kappa shape index (κ3) is 5.98. The van der Waals surface area contributed by atoms with Crippen molar-refractivity contribution in [2.75, 3.05) is 31.5 Å². The number of hydrogen-bond donors (Lipinski definition) is 2. The zero-order valence-electron chi connectivity index (χ0n) is 13.6. The van der Waals surface area contributed by atoms with Crippen LogP contribution in [0.3, 0.4) is 0 Å². The number of halogens is 1. The van der Waals surface area contributed by atoms with E-state index in [-0.39, 0.29) is 24.2 Å². The van der Waals surface area contributed by atoms with Gasteiger partial charge < -0.3 is 10.6 Å². The Bertz CT molecular complexity index is 537.